The number of aromatic nitrogens is 1. The molecule has 18 heavy (non-hydrogen) atoms. The van der Waals surface area contributed by atoms with Gasteiger partial charge in [-0.25, -0.2) is 4.98 Å². The Morgan fingerprint density at radius 1 is 1.33 bits per heavy atom. The Balaban J connectivity index is 1.84. The van der Waals surface area contributed by atoms with E-state index in [9.17, 15) is 0 Å². The van der Waals surface area contributed by atoms with Gasteiger partial charge in [-0.05, 0) is 24.7 Å². The molecule has 1 aliphatic rings. The van der Waals surface area contributed by atoms with Gasteiger partial charge in [0.25, 0.3) is 0 Å². The number of hydrogen-bond donors (Lipinski definition) is 1. The average molecular weight is 266 g/mol. The molecule has 2 rings (SSSR count). The zero-order valence-corrected chi connectivity index (χ0v) is 12.7. The molecule has 0 radical (unpaired) electrons. The minimum Gasteiger partial charge on any atom is -0.313 e. The Morgan fingerprint density at radius 3 is 2.78 bits per heavy atom. The summed E-state index contributed by atoms with van der Waals surface area (Å²) in [6, 6.07) is 0.723. The summed E-state index contributed by atoms with van der Waals surface area (Å²) in [5, 5.41) is 7.14. The van der Waals surface area contributed by atoms with Crippen molar-refractivity contribution in [2.45, 2.75) is 58.4 Å². The summed E-state index contributed by atoms with van der Waals surface area (Å²) >= 11 is 1.77. The minimum absolute atomic E-state index is 0.541. The van der Waals surface area contributed by atoms with E-state index >= 15 is 0 Å². The SMILES string of the molecule is CC(CNC1CCCCC1C(C)C)c1nccs1. The highest BCUT2D eigenvalue weighted by Crippen LogP contribution is 2.30. The van der Waals surface area contributed by atoms with Crippen LogP contribution in [0.1, 0.15) is 57.4 Å². The summed E-state index contributed by atoms with van der Waals surface area (Å²) in [6.07, 6.45) is 7.48. The summed E-state index contributed by atoms with van der Waals surface area (Å²) in [4.78, 5) is 4.41. The van der Waals surface area contributed by atoms with E-state index in [0.717, 1.165) is 24.4 Å². The predicted molar refractivity (Wildman–Crippen MR) is 79.1 cm³/mol. The van der Waals surface area contributed by atoms with Gasteiger partial charge in [-0.15, -0.1) is 11.3 Å². The van der Waals surface area contributed by atoms with Crippen LogP contribution in [0.4, 0.5) is 0 Å². The monoisotopic (exact) mass is 266 g/mol. The maximum absolute atomic E-state index is 4.41. The smallest absolute Gasteiger partial charge is 0.0965 e. The molecule has 2 nitrogen and oxygen atoms in total. The molecule has 3 unspecified atom stereocenters. The van der Waals surface area contributed by atoms with Crippen LogP contribution in [0.15, 0.2) is 11.6 Å². The van der Waals surface area contributed by atoms with E-state index in [4.69, 9.17) is 0 Å². The third-order valence-corrected chi connectivity index (χ3v) is 5.24. The van der Waals surface area contributed by atoms with Gasteiger partial charge in [0, 0.05) is 30.1 Å². The maximum atomic E-state index is 4.41. The van der Waals surface area contributed by atoms with Crippen LogP contribution in [0.5, 0.6) is 0 Å². The van der Waals surface area contributed by atoms with Gasteiger partial charge in [-0.1, -0.05) is 33.6 Å². The number of hydrogen-bond acceptors (Lipinski definition) is 3. The van der Waals surface area contributed by atoms with Gasteiger partial charge in [0.2, 0.25) is 0 Å². The second-order valence-electron chi connectivity index (χ2n) is 5.98. The van der Waals surface area contributed by atoms with E-state index in [1.54, 1.807) is 11.3 Å². The molecule has 1 aromatic rings. The summed E-state index contributed by atoms with van der Waals surface area (Å²) < 4.78 is 0. The fraction of sp³-hybridized carbons (Fsp3) is 0.800. The maximum Gasteiger partial charge on any atom is 0.0965 e. The minimum atomic E-state index is 0.541. The van der Waals surface area contributed by atoms with E-state index in [2.05, 4.69) is 36.5 Å². The van der Waals surface area contributed by atoms with Gasteiger partial charge >= 0.3 is 0 Å². The molecule has 1 heterocycles. The zero-order valence-electron chi connectivity index (χ0n) is 11.9. The van der Waals surface area contributed by atoms with Crippen molar-refractivity contribution in [3.05, 3.63) is 16.6 Å². The van der Waals surface area contributed by atoms with Crippen LogP contribution in [0.25, 0.3) is 0 Å². The van der Waals surface area contributed by atoms with Crippen molar-refractivity contribution >= 4 is 11.3 Å². The van der Waals surface area contributed by atoms with E-state index in [1.165, 1.54) is 30.7 Å². The summed E-state index contributed by atoms with van der Waals surface area (Å²) in [5.74, 6) is 2.21. The fourth-order valence-corrected chi connectivity index (χ4v) is 3.80. The highest BCUT2D eigenvalue weighted by Gasteiger charge is 2.27. The molecule has 0 saturated heterocycles. The van der Waals surface area contributed by atoms with Crippen molar-refractivity contribution in [3.63, 3.8) is 0 Å². The molecule has 0 amide bonds. The van der Waals surface area contributed by atoms with Gasteiger partial charge in [-0.3, -0.25) is 0 Å². The molecular formula is C15H26N2S. The van der Waals surface area contributed by atoms with Crippen LogP contribution < -0.4 is 5.32 Å². The molecule has 1 saturated carbocycles. The van der Waals surface area contributed by atoms with Crippen molar-refractivity contribution in [2.75, 3.05) is 6.54 Å². The molecule has 0 bridgehead atoms. The lowest BCUT2D eigenvalue weighted by atomic mass is 9.78. The first-order valence-corrected chi connectivity index (χ1v) is 8.19. The standard InChI is InChI=1S/C15H26N2S/c1-11(2)13-6-4-5-7-14(13)17-10-12(3)15-16-8-9-18-15/h8-9,11-14,17H,4-7,10H2,1-3H3. The van der Waals surface area contributed by atoms with Gasteiger partial charge in [0.1, 0.15) is 0 Å². The summed E-state index contributed by atoms with van der Waals surface area (Å²) in [6.45, 7) is 8.09. The molecular weight excluding hydrogens is 240 g/mol. The Morgan fingerprint density at radius 2 is 2.11 bits per heavy atom. The van der Waals surface area contributed by atoms with E-state index in [-0.39, 0.29) is 0 Å². The Hall–Kier alpha value is -0.410. The Kier molecular flexibility index (Phi) is 5.19. The molecule has 0 spiro atoms. The predicted octanol–water partition coefficient (Wildman–Crippen LogP) is 4.05. The number of thiazole rings is 1. The number of nitrogens with zero attached hydrogens (tertiary/aromatic N) is 1. The second-order valence-corrected chi connectivity index (χ2v) is 6.90. The van der Waals surface area contributed by atoms with Crippen LogP contribution in [0, 0.1) is 11.8 Å². The molecule has 1 aromatic heterocycles. The third kappa shape index (κ3) is 3.55. The fourth-order valence-electron chi connectivity index (χ4n) is 3.10. The summed E-state index contributed by atoms with van der Waals surface area (Å²) in [7, 11) is 0. The van der Waals surface area contributed by atoms with Crippen LogP contribution in [-0.2, 0) is 0 Å². The normalized spacial score (nSPS) is 26.4. The zero-order chi connectivity index (χ0) is 13.0. The molecule has 102 valence electrons. The van der Waals surface area contributed by atoms with Gasteiger partial charge < -0.3 is 5.32 Å². The van der Waals surface area contributed by atoms with Crippen molar-refractivity contribution in [1.82, 2.24) is 10.3 Å². The molecule has 0 aromatic carbocycles. The topological polar surface area (TPSA) is 24.9 Å². The van der Waals surface area contributed by atoms with E-state index in [1.807, 2.05) is 6.20 Å². The third-order valence-electron chi connectivity index (χ3n) is 4.23. The first-order chi connectivity index (χ1) is 8.68. The highest BCUT2D eigenvalue weighted by molar-refractivity contribution is 7.09. The largest absolute Gasteiger partial charge is 0.313 e. The number of nitrogens with one attached hydrogen (secondary N) is 1. The van der Waals surface area contributed by atoms with Crippen molar-refractivity contribution in [3.8, 4) is 0 Å². The first kappa shape index (κ1) is 14.0. The van der Waals surface area contributed by atoms with Crippen molar-refractivity contribution in [1.29, 1.82) is 0 Å². The Labute approximate surface area is 115 Å². The van der Waals surface area contributed by atoms with Gasteiger partial charge in [-0.2, -0.15) is 0 Å². The van der Waals surface area contributed by atoms with Crippen LogP contribution in [0.2, 0.25) is 0 Å². The van der Waals surface area contributed by atoms with Gasteiger partial charge in [0.15, 0.2) is 0 Å². The average Bonchev–Trinajstić information content (AvgIpc) is 2.90. The number of rotatable bonds is 5. The van der Waals surface area contributed by atoms with Crippen molar-refractivity contribution in [2.24, 2.45) is 11.8 Å². The lowest BCUT2D eigenvalue weighted by Gasteiger charge is -2.35. The lowest BCUT2D eigenvalue weighted by Crippen LogP contribution is -2.42. The lowest BCUT2D eigenvalue weighted by molar-refractivity contribution is 0.204. The Bertz CT molecular complexity index is 334. The first-order valence-electron chi connectivity index (χ1n) is 7.31. The van der Waals surface area contributed by atoms with Crippen LogP contribution in [0.3, 0.4) is 0 Å². The molecule has 1 N–H and O–H groups in total. The van der Waals surface area contributed by atoms with E-state index in [0.29, 0.717) is 5.92 Å². The molecule has 0 aliphatic heterocycles. The molecule has 1 fully saturated rings. The molecule has 3 atom stereocenters. The van der Waals surface area contributed by atoms with Gasteiger partial charge in [0.05, 0.1) is 5.01 Å². The highest BCUT2D eigenvalue weighted by atomic mass is 32.1. The van der Waals surface area contributed by atoms with E-state index < -0.39 is 0 Å². The second kappa shape index (κ2) is 6.67. The summed E-state index contributed by atoms with van der Waals surface area (Å²) in [5.41, 5.74) is 0. The van der Waals surface area contributed by atoms with Crippen molar-refractivity contribution < 1.29 is 0 Å². The van der Waals surface area contributed by atoms with Crippen LogP contribution >= 0.6 is 11.3 Å². The molecule has 1 aliphatic carbocycles. The molecule has 3 heteroatoms. The van der Waals surface area contributed by atoms with Crippen LogP contribution in [-0.4, -0.2) is 17.6 Å². The quantitative estimate of drug-likeness (QED) is 0.869.